The van der Waals surface area contributed by atoms with Gasteiger partial charge in [0.2, 0.25) is 5.91 Å². The van der Waals surface area contributed by atoms with Crippen LogP contribution in [0.4, 0.5) is 33.1 Å². The zero-order valence-electron chi connectivity index (χ0n) is 25.6. The molecule has 2 bridgehead atoms. The fourth-order valence-corrected chi connectivity index (χ4v) is 7.28. The number of hydrogen-bond acceptors (Lipinski definition) is 10. The van der Waals surface area contributed by atoms with Crippen molar-refractivity contribution in [1.29, 1.82) is 0 Å². The molecule has 4 aliphatic heterocycles. The van der Waals surface area contributed by atoms with Gasteiger partial charge in [-0.25, -0.2) is 19.4 Å². The number of aromatic nitrogens is 2. The molecule has 3 atom stereocenters. The molecule has 2 aromatic carbocycles. The highest BCUT2D eigenvalue weighted by Crippen LogP contribution is 2.41. The Morgan fingerprint density at radius 1 is 1.13 bits per heavy atom. The van der Waals surface area contributed by atoms with Gasteiger partial charge in [-0.3, -0.25) is 14.5 Å². The van der Waals surface area contributed by atoms with Crippen LogP contribution in [-0.2, 0) is 14.4 Å². The number of likely N-dealkylation sites (tertiary alicyclic amines) is 1. The smallest absolute Gasteiger partial charge is 0.247 e. The second-order valence-electron chi connectivity index (χ2n) is 12.0. The van der Waals surface area contributed by atoms with E-state index < -0.39 is 5.82 Å². The number of amides is 1. The quantitative estimate of drug-likeness (QED) is 0.290. The number of piperidine rings is 1. The van der Waals surface area contributed by atoms with Crippen molar-refractivity contribution in [3.63, 3.8) is 0 Å². The van der Waals surface area contributed by atoms with Gasteiger partial charge in [0, 0.05) is 50.3 Å². The minimum absolute atomic E-state index is 0.0576. The number of carbonyl (C=O) groups excluding carboxylic acids is 1. The minimum Gasteiger partial charge on any atom is -0.494 e. The first-order valence-electron chi connectivity index (χ1n) is 15.6. The van der Waals surface area contributed by atoms with Crippen molar-refractivity contribution < 1.29 is 23.5 Å². The van der Waals surface area contributed by atoms with Gasteiger partial charge < -0.3 is 25.0 Å². The van der Waals surface area contributed by atoms with Crippen molar-refractivity contribution in [3.05, 3.63) is 71.8 Å². The number of nitrogens with one attached hydrogen (secondary N) is 2. The molecule has 4 saturated heterocycles. The van der Waals surface area contributed by atoms with Crippen molar-refractivity contribution in [3.8, 4) is 5.75 Å². The first-order valence-corrected chi connectivity index (χ1v) is 16.0. The van der Waals surface area contributed by atoms with Crippen molar-refractivity contribution in [2.24, 2.45) is 0 Å². The molecule has 1 aromatic heterocycles. The molecule has 46 heavy (non-hydrogen) atoms. The molecular weight excluding hydrogens is 613 g/mol. The Bertz CT molecular complexity index is 1620. The predicted octanol–water partition coefficient (Wildman–Crippen LogP) is 5.47. The minimum atomic E-state index is -0.471. The van der Waals surface area contributed by atoms with Crippen LogP contribution in [0.3, 0.4) is 0 Å². The third-order valence-corrected chi connectivity index (χ3v) is 9.64. The number of carbonyl (C=O) groups is 1. The van der Waals surface area contributed by atoms with Crippen LogP contribution in [0, 0.1) is 5.82 Å². The van der Waals surface area contributed by atoms with Crippen molar-refractivity contribution >= 4 is 46.2 Å². The van der Waals surface area contributed by atoms with Crippen LogP contribution in [0.2, 0.25) is 5.02 Å². The van der Waals surface area contributed by atoms with E-state index in [1.165, 1.54) is 18.5 Å². The maximum atomic E-state index is 13.8. The van der Waals surface area contributed by atoms with E-state index in [-0.39, 0.29) is 17.0 Å². The average molecular weight is 650 g/mol. The lowest BCUT2D eigenvalue weighted by Gasteiger charge is -2.41. The van der Waals surface area contributed by atoms with Gasteiger partial charge in [0.1, 0.15) is 23.7 Å². The van der Waals surface area contributed by atoms with Gasteiger partial charge in [-0.1, -0.05) is 24.2 Å². The lowest BCUT2D eigenvalue weighted by molar-refractivity contribution is -0.111. The lowest BCUT2D eigenvalue weighted by atomic mass is 10.0. The number of ether oxygens (including phenoxy) is 2. The molecule has 0 spiro atoms. The molecule has 0 radical (unpaired) electrons. The Morgan fingerprint density at radius 2 is 1.98 bits per heavy atom. The van der Waals surface area contributed by atoms with Crippen LogP contribution in [0.5, 0.6) is 5.75 Å². The van der Waals surface area contributed by atoms with E-state index in [1.54, 1.807) is 30.4 Å². The van der Waals surface area contributed by atoms with Crippen molar-refractivity contribution in [2.75, 3.05) is 60.6 Å². The fraction of sp³-hybridized carbons (Fsp3) is 0.424. The number of methoxy groups -OCH3 is 1. The fourth-order valence-electron chi connectivity index (χ4n) is 7.09. The normalized spacial score (nSPS) is 23.2. The summed E-state index contributed by atoms with van der Waals surface area (Å²) in [4.78, 5) is 32.3. The molecule has 0 unspecified atom stereocenters. The Balaban J connectivity index is 1.12. The maximum Gasteiger partial charge on any atom is 0.247 e. The number of hydroxylamine groups is 1. The molecule has 0 saturated carbocycles. The highest BCUT2D eigenvalue weighted by Gasteiger charge is 2.42. The molecule has 242 valence electrons. The van der Waals surface area contributed by atoms with Gasteiger partial charge in [0.15, 0.2) is 5.82 Å². The summed E-state index contributed by atoms with van der Waals surface area (Å²) in [5, 5.41) is 8.08. The van der Waals surface area contributed by atoms with Gasteiger partial charge in [-0.05, 0) is 49.1 Å². The van der Waals surface area contributed by atoms with Gasteiger partial charge in [0.25, 0.3) is 0 Å². The lowest BCUT2D eigenvalue weighted by Crippen LogP contribution is -2.49. The van der Waals surface area contributed by atoms with Crippen LogP contribution < -0.4 is 25.3 Å². The summed E-state index contributed by atoms with van der Waals surface area (Å²) >= 11 is 6.07. The topological polar surface area (TPSA) is 104 Å². The Labute approximate surface area is 272 Å². The monoisotopic (exact) mass is 649 g/mol. The first-order chi connectivity index (χ1) is 22.4. The summed E-state index contributed by atoms with van der Waals surface area (Å²) in [6.07, 6.45) is 6.99. The summed E-state index contributed by atoms with van der Waals surface area (Å²) in [7, 11) is 1.62. The maximum absolute atomic E-state index is 13.8. The second-order valence-corrected chi connectivity index (χ2v) is 12.5. The molecule has 1 amide bonds. The highest BCUT2D eigenvalue weighted by atomic mass is 35.5. The van der Waals surface area contributed by atoms with E-state index in [0.29, 0.717) is 60.0 Å². The Morgan fingerprint density at radius 3 is 2.70 bits per heavy atom. The predicted molar refractivity (Wildman–Crippen MR) is 174 cm³/mol. The molecule has 2 N–H and O–H groups in total. The average Bonchev–Trinajstić information content (AvgIpc) is 3.85. The van der Waals surface area contributed by atoms with Gasteiger partial charge in [-0.2, -0.15) is 0 Å². The molecule has 5 heterocycles. The van der Waals surface area contributed by atoms with Gasteiger partial charge >= 0.3 is 0 Å². The summed E-state index contributed by atoms with van der Waals surface area (Å²) in [6.45, 7) is 7.70. The number of fused-ring (bicyclic) bond motifs is 2. The van der Waals surface area contributed by atoms with E-state index in [0.717, 1.165) is 56.8 Å². The number of anilines is 5. The summed E-state index contributed by atoms with van der Waals surface area (Å²) in [5.74, 6) is 0.841. The van der Waals surface area contributed by atoms with E-state index in [1.807, 2.05) is 12.1 Å². The summed E-state index contributed by atoms with van der Waals surface area (Å²) in [6, 6.07) is 11.1. The first kappa shape index (κ1) is 30.7. The van der Waals surface area contributed by atoms with Crippen molar-refractivity contribution in [2.45, 2.75) is 49.9 Å². The molecule has 4 fully saturated rings. The van der Waals surface area contributed by atoms with E-state index in [2.05, 4.69) is 37.0 Å². The standard InChI is InChI=1S/C33H37ClFN7O4/c1-3-33(43)39-26-14-27(30(44-2)15-29(26)40-9-6-21(7-10-40)41-17-23-13-22(41)18-45-23)38-31-16-32(37-19-36-31)42-28(8-11-46-42)20-4-5-25(35)24(34)12-20/h3-5,12,14-16,19,21-23,28H,1,6-11,13,17-18H2,2H3,(H,39,43)(H,36,37,38)/t22-,23-,28+/m0/s1. The molecule has 3 aromatic rings. The molecule has 0 aliphatic carbocycles. The largest absolute Gasteiger partial charge is 0.494 e. The SMILES string of the molecule is C=CC(=O)Nc1cc(Nc2cc(N3OCC[C@@H]3c3ccc(F)c(Cl)c3)ncn2)c(OC)cc1N1CCC(N2C[C@@H]3C[C@H]2CO3)CC1. The third-order valence-electron chi connectivity index (χ3n) is 9.35. The zero-order chi connectivity index (χ0) is 31.8. The van der Waals surface area contributed by atoms with E-state index in [9.17, 15) is 9.18 Å². The van der Waals surface area contributed by atoms with Crippen LogP contribution in [0.1, 0.15) is 37.3 Å². The molecule has 13 heteroatoms. The zero-order valence-corrected chi connectivity index (χ0v) is 26.4. The number of benzene rings is 2. The van der Waals surface area contributed by atoms with Gasteiger partial charge in [-0.15, -0.1) is 0 Å². The number of halogens is 2. The number of rotatable bonds is 9. The van der Waals surface area contributed by atoms with Crippen LogP contribution >= 0.6 is 11.6 Å². The summed E-state index contributed by atoms with van der Waals surface area (Å²) < 4.78 is 25.5. The van der Waals surface area contributed by atoms with E-state index >= 15 is 0 Å². The molecular formula is C33H37ClFN7O4. The molecule has 4 aliphatic rings. The number of morpholine rings is 1. The Hall–Kier alpha value is -3.97. The van der Waals surface area contributed by atoms with Crippen LogP contribution in [-0.4, -0.2) is 78.9 Å². The second kappa shape index (κ2) is 13.0. The molecule has 7 rings (SSSR count). The van der Waals surface area contributed by atoms with Crippen LogP contribution in [0.25, 0.3) is 0 Å². The molecule has 11 nitrogen and oxygen atoms in total. The highest BCUT2D eigenvalue weighted by molar-refractivity contribution is 6.30. The number of nitrogens with zero attached hydrogens (tertiary/aromatic N) is 5. The summed E-state index contributed by atoms with van der Waals surface area (Å²) in [5.41, 5.74) is 2.97. The van der Waals surface area contributed by atoms with Gasteiger partial charge in [0.05, 0.1) is 54.6 Å². The third kappa shape index (κ3) is 6.09. The van der Waals surface area contributed by atoms with E-state index in [4.69, 9.17) is 25.9 Å². The number of hydrogen-bond donors (Lipinski definition) is 2. The van der Waals surface area contributed by atoms with Crippen molar-refractivity contribution in [1.82, 2.24) is 14.9 Å². The Kier molecular flexibility index (Phi) is 8.69. The van der Waals surface area contributed by atoms with Crippen LogP contribution in [0.15, 0.2) is 55.4 Å².